The van der Waals surface area contributed by atoms with Crippen molar-refractivity contribution in [2.75, 3.05) is 6.61 Å². The molecule has 0 fully saturated rings. The van der Waals surface area contributed by atoms with Crippen LogP contribution in [0.4, 0.5) is 5.69 Å². The highest BCUT2D eigenvalue weighted by Gasteiger charge is 2.01. The highest BCUT2D eigenvalue weighted by Crippen LogP contribution is 2.12. The molecule has 1 aromatic rings. The largest absolute Gasteiger partial charge is 0.392 e. The van der Waals surface area contributed by atoms with Crippen molar-refractivity contribution in [3.05, 3.63) is 46.0 Å². The third kappa shape index (κ3) is 2.68. The van der Waals surface area contributed by atoms with E-state index in [0.717, 1.165) is 5.56 Å². The van der Waals surface area contributed by atoms with Gasteiger partial charge in [0.05, 0.1) is 11.5 Å². The van der Waals surface area contributed by atoms with Crippen LogP contribution in [0.1, 0.15) is 5.56 Å². The van der Waals surface area contributed by atoms with Crippen LogP contribution in [0, 0.1) is 10.1 Å². The van der Waals surface area contributed by atoms with Gasteiger partial charge in [-0.1, -0.05) is 12.2 Å². The molecule has 0 aliphatic rings. The molecule has 0 saturated heterocycles. The van der Waals surface area contributed by atoms with Crippen LogP contribution >= 0.6 is 0 Å². The fourth-order valence-electron chi connectivity index (χ4n) is 0.896. The van der Waals surface area contributed by atoms with E-state index in [1.165, 1.54) is 12.1 Å². The number of aliphatic hydroxyl groups excluding tert-OH is 1. The van der Waals surface area contributed by atoms with E-state index in [2.05, 4.69) is 0 Å². The van der Waals surface area contributed by atoms with E-state index in [1.54, 1.807) is 24.3 Å². The minimum Gasteiger partial charge on any atom is -0.392 e. The Hall–Kier alpha value is -1.68. The van der Waals surface area contributed by atoms with Crippen LogP contribution in [0.3, 0.4) is 0 Å². The fourth-order valence-corrected chi connectivity index (χ4v) is 0.896. The molecule has 4 heteroatoms. The Balaban J connectivity index is 2.81. The maximum Gasteiger partial charge on any atom is 0.269 e. The predicted octanol–water partition coefficient (Wildman–Crippen LogP) is 1.60. The topological polar surface area (TPSA) is 63.4 Å². The summed E-state index contributed by atoms with van der Waals surface area (Å²) in [6, 6.07) is 6.11. The Morgan fingerprint density at radius 3 is 2.46 bits per heavy atom. The van der Waals surface area contributed by atoms with E-state index >= 15 is 0 Å². The van der Waals surface area contributed by atoms with Crippen molar-refractivity contribution in [3.63, 3.8) is 0 Å². The minimum absolute atomic E-state index is 0.0308. The van der Waals surface area contributed by atoms with Gasteiger partial charge in [0.2, 0.25) is 0 Å². The minimum atomic E-state index is -0.445. The number of rotatable bonds is 3. The van der Waals surface area contributed by atoms with E-state index in [0.29, 0.717) is 0 Å². The van der Waals surface area contributed by atoms with Crippen molar-refractivity contribution in [1.82, 2.24) is 0 Å². The number of nitrogens with zero attached hydrogens (tertiary/aromatic N) is 1. The van der Waals surface area contributed by atoms with Crippen LogP contribution in [-0.2, 0) is 0 Å². The molecule has 0 aliphatic carbocycles. The summed E-state index contributed by atoms with van der Waals surface area (Å²) in [5.41, 5.74) is 0.904. The molecular weight excluding hydrogens is 170 g/mol. The van der Waals surface area contributed by atoms with Crippen molar-refractivity contribution < 1.29 is 10.0 Å². The monoisotopic (exact) mass is 179 g/mol. The normalized spacial score (nSPS) is 10.5. The summed E-state index contributed by atoms with van der Waals surface area (Å²) >= 11 is 0. The first-order chi connectivity index (χ1) is 6.24. The summed E-state index contributed by atoms with van der Waals surface area (Å²) in [6.07, 6.45) is 3.27. The van der Waals surface area contributed by atoms with Gasteiger partial charge in [0.15, 0.2) is 0 Å². The molecular formula is C9H9NO3. The second-order valence-corrected chi connectivity index (χ2v) is 2.43. The molecule has 0 amide bonds. The van der Waals surface area contributed by atoms with Gasteiger partial charge in [-0.25, -0.2) is 0 Å². The van der Waals surface area contributed by atoms with Crippen LogP contribution in [0.25, 0.3) is 6.08 Å². The number of nitro groups is 1. The molecule has 13 heavy (non-hydrogen) atoms. The van der Waals surface area contributed by atoms with E-state index in [9.17, 15) is 10.1 Å². The van der Waals surface area contributed by atoms with Gasteiger partial charge in [0.1, 0.15) is 0 Å². The van der Waals surface area contributed by atoms with Gasteiger partial charge >= 0.3 is 0 Å². The quantitative estimate of drug-likeness (QED) is 0.566. The standard InChI is InChI=1S/C9H9NO3/c11-7-1-2-8-3-5-9(6-4-8)10(12)13/h1-6,11H,7H2. The number of hydrogen-bond donors (Lipinski definition) is 1. The Bertz CT molecular complexity index is 316. The second kappa shape index (κ2) is 4.37. The average molecular weight is 179 g/mol. The van der Waals surface area contributed by atoms with Crippen LogP contribution in [-0.4, -0.2) is 16.6 Å². The Morgan fingerprint density at radius 2 is 2.00 bits per heavy atom. The van der Waals surface area contributed by atoms with Gasteiger partial charge in [-0.05, 0) is 17.7 Å². The van der Waals surface area contributed by atoms with Gasteiger partial charge in [0.25, 0.3) is 5.69 Å². The lowest BCUT2D eigenvalue weighted by Crippen LogP contribution is -1.86. The van der Waals surface area contributed by atoms with E-state index in [4.69, 9.17) is 5.11 Å². The molecule has 0 bridgehead atoms. The van der Waals surface area contributed by atoms with Gasteiger partial charge in [-0.15, -0.1) is 0 Å². The van der Waals surface area contributed by atoms with Gasteiger partial charge in [0, 0.05) is 12.1 Å². The SMILES string of the molecule is O=[N+]([O-])c1ccc(C=CCO)cc1. The van der Waals surface area contributed by atoms with Crippen molar-refractivity contribution in [2.24, 2.45) is 0 Å². The molecule has 0 unspecified atom stereocenters. The van der Waals surface area contributed by atoms with Gasteiger partial charge in [-0.2, -0.15) is 0 Å². The lowest BCUT2D eigenvalue weighted by molar-refractivity contribution is -0.384. The van der Waals surface area contributed by atoms with E-state index in [1.807, 2.05) is 0 Å². The molecule has 0 atom stereocenters. The molecule has 0 radical (unpaired) electrons. The zero-order valence-corrected chi connectivity index (χ0v) is 6.88. The first-order valence-corrected chi connectivity index (χ1v) is 3.76. The molecule has 0 heterocycles. The van der Waals surface area contributed by atoms with Crippen molar-refractivity contribution in [3.8, 4) is 0 Å². The van der Waals surface area contributed by atoms with Crippen LogP contribution in [0.2, 0.25) is 0 Å². The molecule has 1 N–H and O–H groups in total. The molecule has 1 aromatic carbocycles. The van der Waals surface area contributed by atoms with Crippen molar-refractivity contribution in [1.29, 1.82) is 0 Å². The smallest absolute Gasteiger partial charge is 0.269 e. The lowest BCUT2D eigenvalue weighted by atomic mass is 10.2. The number of benzene rings is 1. The molecule has 0 saturated carbocycles. The first kappa shape index (κ1) is 9.41. The van der Waals surface area contributed by atoms with Crippen LogP contribution in [0.5, 0.6) is 0 Å². The van der Waals surface area contributed by atoms with Crippen molar-refractivity contribution >= 4 is 11.8 Å². The maximum absolute atomic E-state index is 10.3. The van der Waals surface area contributed by atoms with E-state index < -0.39 is 4.92 Å². The highest BCUT2D eigenvalue weighted by molar-refractivity contribution is 5.51. The fraction of sp³-hybridized carbons (Fsp3) is 0.111. The van der Waals surface area contributed by atoms with Crippen LogP contribution in [0.15, 0.2) is 30.3 Å². The third-order valence-electron chi connectivity index (χ3n) is 1.52. The molecule has 4 nitrogen and oxygen atoms in total. The molecule has 68 valence electrons. The number of aliphatic hydroxyl groups is 1. The Labute approximate surface area is 75.3 Å². The number of non-ortho nitro benzene ring substituents is 1. The third-order valence-corrected chi connectivity index (χ3v) is 1.52. The number of nitro benzene ring substituents is 1. The van der Waals surface area contributed by atoms with Gasteiger partial charge in [-0.3, -0.25) is 10.1 Å². The zero-order valence-electron chi connectivity index (χ0n) is 6.88. The van der Waals surface area contributed by atoms with Crippen molar-refractivity contribution in [2.45, 2.75) is 0 Å². The molecule has 0 spiro atoms. The summed E-state index contributed by atoms with van der Waals surface area (Å²) < 4.78 is 0. The van der Waals surface area contributed by atoms with Crippen LogP contribution < -0.4 is 0 Å². The lowest BCUT2D eigenvalue weighted by Gasteiger charge is -1.92. The van der Waals surface area contributed by atoms with Gasteiger partial charge < -0.3 is 5.11 Å². The predicted molar refractivity (Wildman–Crippen MR) is 49.2 cm³/mol. The maximum atomic E-state index is 10.3. The first-order valence-electron chi connectivity index (χ1n) is 3.76. The summed E-state index contributed by atoms with van der Waals surface area (Å²) in [5.74, 6) is 0. The Kier molecular flexibility index (Phi) is 3.16. The molecule has 0 aromatic heterocycles. The zero-order chi connectivity index (χ0) is 9.68. The summed E-state index contributed by atoms with van der Waals surface area (Å²) in [4.78, 5) is 9.83. The van der Waals surface area contributed by atoms with E-state index in [-0.39, 0.29) is 12.3 Å². The summed E-state index contributed by atoms with van der Waals surface area (Å²) in [5, 5.41) is 18.7. The molecule has 0 aliphatic heterocycles. The summed E-state index contributed by atoms with van der Waals surface area (Å²) in [6.45, 7) is -0.0308. The second-order valence-electron chi connectivity index (χ2n) is 2.43. The Morgan fingerprint density at radius 1 is 1.38 bits per heavy atom. The summed E-state index contributed by atoms with van der Waals surface area (Å²) in [7, 11) is 0. The molecule has 1 rings (SSSR count). The number of hydrogen-bond acceptors (Lipinski definition) is 3. The highest BCUT2D eigenvalue weighted by atomic mass is 16.6. The average Bonchev–Trinajstić information content (AvgIpc) is 2.15.